The van der Waals surface area contributed by atoms with Crippen molar-refractivity contribution in [1.82, 2.24) is 0 Å². The summed E-state index contributed by atoms with van der Waals surface area (Å²) in [5.74, 6) is 6.80. The monoisotopic (exact) mass is 592 g/mol. The van der Waals surface area contributed by atoms with Gasteiger partial charge in [0.25, 0.3) is 0 Å². The number of hydrogen-bond donors (Lipinski definition) is 0. The van der Waals surface area contributed by atoms with E-state index in [0.717, 1.165) is 12.0 Å². The molecule has 0 heterocycles. The predicted molar refractivity (Wildman–Crippen MR) is 201 cm³/mol. The van der Waals surface area contributed by atoms with Crippen molar-refractivity contribution in [3.05, 3.63) is 93.4 Å². The number of rotatable bonds is 0. The van der Waals surface area contributed by atoms with E-state index in [4.69, 9.17) is 0 Å². The second kappa shape index (κ2) is 16.6. The third-order valence-electron chi connectivity index (χ3n) is 7.97. The van der Waals surface area contributed by atoms with Crippen molar-refractivity contribution in [2.45, 2.75) is 112 Å². The summed E-state index contributed by atoms with van der Waals surface area (Å²) >= 11 is 0. The second-order valence-corrected chi connectivity index (χ2v) is 15.6. The largest absolute Gasteiger partial charge is 0.177 e. The molecule has 0 spiro atoms. The first-order valence-corrected chi connectivity index (χ1v) is 18.4. The molecular formula is C42H56S. The SMILES string of the molecule is CC.CC.CC.CC#CC1=c2cc3ccccc3cc2=C(C#S(C(C)C)(C(C)C)C(C)C)C2=Cc3ccccc3C=C1C2. The molecule has 5 rings (SSSR count). The van der Waals surface area contributed by atoms with Crippen LogP contribution in [0.25, 0.3) is 34.1 Å². The molecule has 230 valence electrons. The fourth-order valence-electron chi connectivity index (χ4n) is 6.33. The first kappa shape index (κ1) is 36.0. The molecule has 3 aromatic rings. The standard InChI is InChI=1S/C36H38S.3C2H6/c1-8-13-33-31-18-27-14-9-10-15-28(27)19-32(20-31)36(23-37(24(2)3,25(4)5)26(6)7)35-22-30-17-12-11-16-29(30)21-34(33)35;3*1-2/h9-12,14-19,21-22,24-26H,20H2,1-7H3;3*1-2H3. The molecule has 2 aliphatic carbocycles. The van der Waals surface area contributed by atoms with Crippen molar-refractivity contribution in [3.8, 4) is 17.0 Å². The molecule has 0 radical (unpaired) electrons. The molecular weight excluding hydrogens is 537 g/mol. The normalized spacial score (nSPS) is 13.2. The van der Waals surface area contributed by atoms with E-state index in [1.807, 2.05) is 48.5 Å². The van der Waals surface area contributed by atoms with Crippen LogP contribution in [0.3, 0.4) is 0 Å². The Kier molecular flexibility index (Phi) is 13.9. The summed E-state index contributed by atoms with van der Waals surface area (Å²) in [6.07, 6.45) is 5.66. The Bertz CT molecular complexity index is 1740. The molecule has 0 aliphatic heterocycles. The maximum atomic E-state index is 4.35. The number of allylic oxidation sites excluding steroid dienone is 2. The molecule has 2 aliphatic rings. The number of fused-ring (bicyclic) bond motifs is 5. The Morgan fingerprint density at radius 2 is 0.977 bits per heavy atom. The van der Waals surface area contributed by atoms with Gasteiger partial charge in [0.2, 0.25) is 0 Å². The molecule has 0 N–H and O–H groups in total. The lowest BCUT2D eigenvalue weighted by atomic mass is 9.97. The molecule has 2 bridgehead atoms. The van der Waals surface area contributed by atoms with Crippen molar-refractivity contribution in [2.24, 2.45) is 0 Å². The van der Waals surface area contributed by atoms with Gasteiger partial charge in [0.15, 0.2) is 0 Å². The Hall–Kier alpha value is -3.17. The summed E-state index contributed by atoms with van der Waals surface area (Å²) in [6, 6.07) is 22.3. The van der Waals surface area contributed by atoms with Crippen LogP contribution in [0.5, 0.6) is 0 Å². The van der Waals surface area contributed by atoms with Gasteiger partial charge in [0.05, 0.1) is 0 Å². The second-order valence-electron chi connectivity index (χ2n) is 11.0. The van der Waals surface area contributed by atoms with Crippen molar-refractivity contribution < 1.29 is 0 Å². The smallest absolute Gasteiger partial charge is 0.0359 e. The highest BCUT2D eigenvalue weighted by Crippen LogP contribution is 2.49. The van der Waals surface area contributed by atoms with E-state index in [0.29, 0.717) is 15.7 Å². The molecule has 43 heavy (non-hydrogen) atoms. The molecule has 0 unspecified atom stereocenters. The van der Waals surface area contributed by atoms with Gasteiger partial charge in [-0.15, -0.1) is 5.92 Å². The zero-order valence-corrected chi connectivity index (χ0v) is 30.1. The third kappa shape index (κ3) is 7.32. The van der Waals surface area contributed by atoms with Crippen LogP contribution < -0.4 is 10.4 Å². The highest BCUT2D eigenvalue weighted by Gasteiger charge is 2.27. The van der Waals surface area contributed by atoms with Gasteiger partial charge in [-0.2, -0.15) is 9.44 Å². The molecule has 0 amide bonds. The predicted octanol–water partition coefficient (Wildman–Crippen LogP) is 11.1. The lowest BCUT2D eigenvalue weighted by molar-refractivity contribution is 0.968. The minimum Gasteiger partial charge on any atom is -0.177 e. The van der Waals surface area contributed by atoms with E-state index in [1.165, 1.54) is 49.1 Å². The zero-order valence-electron chi connectivity index (χ0n) is 29.3. The molecule has 0 fully saturated rings. The van der Waals surface area contributed by atoms with Crippen LogP contribution in [0.4, 0.5) is 0 Å². The summed E-state index contributed by atoms with van der Waals surface area (Å²) in [7, 11) is -1.21. The Labute approximate surface area is 265 Å². The van der Waals surface area contributed by atoms with Gasteiger partial charge in [-0.1, -0.05) is 143 Å². The van der Waals surface area contributed by atoms with Gasteiger partial charge < -0.3 is 0 Å². The van der Waals surface area contributed by atoms with Crippen molar-refractivity contribution >= 4 is 43.5 Å². The van der Waals surface area contributed by atoms with Gasteiger partial charge in [-0.25, -0.2) is 0 Å². The lowest BCUT2D eigenvalue weighted by Crippen LogP contribution is -2.29. The molecule has 0 saturated heterocycles. The molecule has 1 heteroatoms. The molecule has 0 aromatic heterocycles. The van der Waals surface area contributed by atoms with Gasteiger partial charge in [0.1, 0.15) is 0 Å². The zero-order chi connectivity index (χ0) is 32.3. The van der Waals surface area contributed by atoms with Crippen LogP contribution in [-0.2, 0) is 0 Å². The maximum Gasteiger partial charge on any atom is 0.0359 e. The minimum absolute atomic E-state index is 0.541. The fourth-order valence-corrected chi connectivity index (χ4v) is 10.9. The number of hydrogen-bond acceptors (Lipinski definition) is 0. The maximum absolute atomic E-state index is 4.35. The average Bonchev–Trinajstić information content (AvgIpc) is 3.27. The molecule has 0 saturated carbocycles. The van der Waals surface area contributed by atoms with Crippen LogP contribution in [0.15, 0.2) is 71.8 Å². The average molecular weight is 593 g/mol. The van der Waals surface area contributed by atoms with E-state index in [1.54, 1.807) is 0 Å². The van der Waals surface area contributed by atoms with Gasteiger partial charge in [-0.3, -0.25) is 0 Å². The van der Waals surface area contributed by atoms with E-state index in [2.05, 4.69) is 131 Å². The molecule has 3 aromatic carbocycles. The Morgan fingerprint density at radius 1 is 0.581 bits per heavy atom. The van der Waals surface area contributed by atoms with Crippen molar-refractivity contribution in [1.29, 1.82) is 0 Å². The Balaban J connectivity index is 0.00000101. The first-order valence-electron chi connectivity index (χ1n) is 16.5. The quantitative estimate of drug-likeness (QED) is 0.228. The summed E-state index contributed by atoms with van der Waals surface area (Å²) in [6.45, 7) is 28.4. The summed E-state index contributed by atoms with van der Waals surface area (Å²) in [5, 5.41) is 11.0. The van der Waals surface area contributed by atoms with Crippen LogP contribution in [0, 0.1) is 17.0 Å². The van der Waals surface area contributed by atoms with Crippen LogP contribution in [0.2, 0.25) is 0 Å². The van der Waals surface area contributed by atoms with E-state index in [9.17, 15) is 0 Å². The summed E-state index contributed by atoms with van der Waals surface area (Å²) in [4.78, 5) is 0. The fraction of sp³-hybridized carbons (Fsp3) is 0.405. The van der Waals surface area contributed by atoms with E-state index < -0.39 is 9.44 Å². The van der Waals surface area contributed by atoms with Crippen molar-refractivity contribution in [2.75, 3.05) is 0 Å². The van der Waals surface area contributed by atoms with E-state index in [-0.39, 0.29) is 0 Å². The summed E-state index contributed by atoms with van der Waals surface area (Å²) < 4.78 is 0. The van der Waals surface area contributed by atoms with Gasteiger partial charge in [-0.05, 0) is 96.9 Å². The first-order chi connectivity index (χ1) is 20.8. The highest BCUT2D eigenvalue weighted by molar-refractivity contribution is 8.25. The van der Waals surface area contributed by atoms with Gasteiger partial charge in [0, 0.05) is 11.1 Å². The topological polar surface area (TPSA) is 0 Å². The van der Waals surface area contributed by atoms with Crippen LogP contribution >= 0.6 is 9.44 Å². The van der Waals surface area contributed by atoms with Crippen LogP contribution in [0.1, 0.15) is 108 Å². The molecule has 0 nitrogen and oxygen atoms in total. The third-order valence-corrected chi connectivity index (χ3v) is 13.2. The number of benzene rings is 3. The van der Waals surface area contributed by atoms with Gasteiger partial charge >= 0.3 is 0 Å². The van der Waals surface area contributed by atoms with Crippen LogP contribution in [-0.4, -0.2) is 15.7 Å². The minimum atomic E-state index is -1.21. The lowest BCUT2D eigenvalue weighted by Gasteiger charge is -2.37. The van der Waals surface area contributed by atoms with E-state index >= 15 is 0 Å². The van der Waals surface area contributed by atoms with Crippen molar-refractivity contribution in [3.63, 3.8) is 0 Å². The summed E-state index contributed by atoms with van der Waals surface area (Å²) in [5.41, 5.74) is 7.66. The Morgan fingerprint density at radius 3 is 1.40 bits per heavy atom. The highest BCUT2D eigenvalue weighted by atomic mass is 32.2. The molecule has 0 atom stereocenters.